The van der Waals surface area contributed by atoms with E-state index in [-0.39, 0.29) is 27.2 Å². The van der Waals surface area contributed by atoms with Crippen LogP contribution in [0.15, 0.2) is 41.3 Å². The number of carbonyl (C=O) groups is 1. The molecular weight excluding hydrogens is 415 g/mol. The zero-order valence-corrected chi connectivity index (χ0v) is 18.4. The van der Waals surface area contributed by atoms with Gasteiger partial charge in [-0.05, 0) is 49.1 Å². The van der Waals surface area contributed by atoms with Crippen molar-refractivity contribution in [3.8, 4) is 0 Å². The topological polar surface area (TPSA) is 67.3 Å². The van der Waals surface area contributed by atoms with Crippen molar-refractivity contribution in [2.24, 2.45) is 5.92 Å². The molecule has 0 aliphatic carbocycles. The Morgan fingerprint density at radius 2 is 1.86 bits per heavy atom. The standard InChI is InChI=1S/C19H20ClFN2O3S.C2H6/c1-13-7-9-23(10-8-13)19(24)17-4-2-3-15(22-17)12-27(25,26)18-6-5-14(21)11-16(18)20;1-2/h2-6,11,13H,7-10,12H2,1H3;1-2H3. The summed E-state index contributed by atoms with van der Waals surface area (Å²) in [7, 11) is -3.82. The van der Waals surface area contributed by atoms with Gasteiger partial charge in [0.2, 0.25) is 0 Å². The van der Waals surface area contributed by atoms with Gasteiger partial charge in [0.25, 0.3) is 5.91 Å². The minimum Gasteiger partial charge on any atom is -0.337 e. The average Bonchev–Trinajstić information content (AvgIpc) is 2.69. The van der Waals surface area contributed by atoms with E-state index in [4.69, 9.17) is 11.6 Å². The minimum absolute atomic E-state index is 0.158. The predicted octanol–water partition coefficient (Wildman–Crippen LogP) is 4.75. The van der Waals surface area contributed by atoms with Crippen molar-refractivity contribution < 1.29 is 17.6 Å². The van der Waals surface area contributed by atoms with Crippen molar-refractivity contribution in [2.45, 2.75) is 44.3 Å². The van der Waals surface area contributed by atoms with Gasteiger partial charge in [-0.2, -0.15) is 0 Å². The van der Waals surface area contributed by atoms with Gasteiger partial charge in [0.1, 0.15) is 11.5 Å². The Morgan fingerprint density at radius 3 is 2.48 bits per heavy atom. The molecular formula is C21H26ClFN2O3S. The van der Waals surface area contributed by atoms with Gasteiger partial charge in [-0.15, -0.1) is 0 Å². The molecule has 0 atom stereocenters. The van der Waals surface area contributed by atoms with Crippen molar-refractivity contribution in [3.05, 3.63) is 58.6 Å². The van der Waals surface area contributed by atoms with Gasteiger partial charge in [-0.3, -0.25) is 4.79 Å². The van der Waals surface area contributed by atoms with Crippen LogP contribution in [0.5, 0.6) is 0 Å². The van der Waals surface area contributed by atoms with Crippen molar-refractivity contribution >= 4 is 27.3 Å². The van der Waals surface area contributed by atoms with Gasteiger partial charge in [0.05, 0.1) is 21.4 Å². The second-order valence-electron chi connectivity index (χ2n) is 6.82. The number of amides is 1. The van der Waals surface area contributed by atoms with E-state index in [1.54, 1.807) is 23.1 Å². The Bertz CT molecular complexity index is 958. The lowest BCUT2D eigenvalue weighted by molar-refractivity contribution is 0.0691. The fourth-order valence-electron chi connectivity index (χ4n) is 3.05. The second-order valence-corrected chi connectivity index (χ2v) is 9.19. The fourth-order valence-corrected chi connectivity index (χ4v) is 4.91. The SMILES string of the molecule is CC.CC1CCN(C(=O)c2cccc(CS(=O)(=O)c3ccc(F)cc3Cl)n2)CC1. The van der Waals surface area contributed by atoms with Crippen molar-refractivity contribution in [1.82, 2.24) is 9.88 Å². The maximum atomic E-state index is 13.2. The lowest BCUT2D eigenvalue weighted by Gasteiger charge is -2.30. The van der Waals surface area contributed by atoms with Crippen LogP contribution in [0.2, 0.25) is 5.02 Å². The number of pyridine rings is 1. The number of sulfone groups is 1. The van der Waals surface area contributed by atoms with Gasteiger partial charge < -0.3 is 4.90 Å². The molecule has 1 aromatic heterocycles. The van der Waals surface area contributed by atoms with E-state index in [1.165, 1.54) is 0 Å². The quantitative estimate of drug-likeness (QED) is 0.643. The van der Waals surface area contributed by atoms with Crippen LogP contribution >= 0.6 is 11.6 Å². The fraction of sp³-hybridized carbons (Fsp3) is 0.429. The normalized spacial score (nSPS) is 14.9. The first-order chi connectivity index (χ1) is 13.8. The van der Waals surface area contributed by atoms with Crippen LogP contribution in [0.25, 0.3) is 0 Å². The van der Waals surface area contributed by atoms with E-state index < -0.39 is 21.4 Å². The summed E-state index contributed by atoms with van der Waals surface area (Å²) in [5.41, 5.74) is 0.467. The van der Waals surface area contributed by atoms with Gasteiger partial charge in [-0.25, -0.2) is 17.8 Å². The molecule has 8 heteroatoms. The van der Waals surface area contributed by atoms with E-state index in [0.29, 0.717) is 19.0 Å². The largest absolute Gasteiger partial charge is 0.337 e. The van der Waals surface area contributed by atoms with Crippen molar-refractivity contribution in [3.63, 3.8) is 0 Å². The van der Waals surface area contributed by atoms with Crippen molar-refractivity contribution in [2.75, 3.05) is 13.1 Å². The molecule has 5 nitrogen and oxygen atoms in total. The Labute approximate surface area is 176 Å². The maximum Gasteiger partial charge on any atom is 0.272 e. The number of piperidine rings is 1. The molecule has 1 fully saturated rings. The molecule has 0 unspecified atom stereocenters. The number of rotatable bonds is 4. The molecule has 0 saturated carbocycles. The Morgan fingerprint density at radius 1 is 1.21 bits per heavy atom. The number of nitrogens with zero attached hydrogens (tertiary/aromatic N) is 2. The molecule has 2 aromatic rings. The molecule has 1 amide bonds. The molecule has 0 N–H and O–H groups in total. The summed E-state index contributed by atoms with van der Waals surface area (Å²) >= 11 is 5.87. The lowest BCUT2D eigenvalue weighted by atomic mass is 9.99. The Balaban J connectivity index is 0.00000145. The number of benzene rings is 1. The molecule has 3 rings (SSSR count). The highest BCUT2D eigenvalue weighted by atomic mass is 35.5. The lowest BCUT2D eigenvalue weighted by Crippen LogP contribution is -2.38. The monoisotopic (exact) mass is 440 g/mol. The van der Waals surface area contributed by atoms with Gasteiger partial charge >= 0.3 is 0 Å². The maximum absolute atomic E-state index is 13.2. The Hall–Kier alpha value is -1.99. The van der Waals surface area contributed by atoms with Gasteiger partial charge in [0, 0.05) is 13.1 Å². The highest BCUT2D eigenvalue weighted by molar-refractivity contribution is 7.90. The molecule has 2 heterocycles. The number of aromatic nitrogens is 1. The summed E-state index contributed by atoms with van der Waals surface area (Å²) in [6.07, 6.45) is 1.89. The molecule has 158 valence electrons. The molecule has 0 bridgehead atoms. The number of hydrogen-bond acceptors (Lipinski definition) is 4. The van der Waals surface area contributed by atoms with Crippen LogP contribution in [-0.2, 0) is 15.6 Å². The third-order valence-electron chi connectivity index (χ3n) is 4.66. The number of halogens is 2. The van der Waals surface area contributed by atoms with Crippen LogP contribution in [0.3, 0.4) is 0 Å². The Kier molecular flexibility index (Phi) is 8.16. The summed E-state index contributed by atoms with van der Waals surface area (Å²) in [6.45, 7) is 7.51. The molecule has 1 aromatic carbocycles. The van der Waals surface area contributed by atoms with Crippen LogP contribution in [0.1, 0.15) is 49.8 Å². The predicted molar refractivity (Wildman–Crippen MR) is 112 cm³/mol. The smallest absolute Gasteiger partial charge is 0.272 e. The average molecular weight is 441 g/mol. The van der Waals surface area contributed by atoms with Crippen LogP contribution < -0.4 is 0 Å². The zero-order valence-electron chi connectivity index (χ0n) is 16.9. The molecule has 1 aliphatic rings. The van der Waals surface area contributed by atoms with E-state index in [0.717, 1.165) is 31.0 Å². The highest BCUT2D eigenvalue weighted by Crippen LogP contribution is 2.25. The summed E-state index contributed by atoms with van der Waals surface area (Å²) < 4.78 is 38.4. The third kappa shape index (κ3) is 6.00. The van der Waals surface area contributed by atoms with Crippen molar-refractivity contribution in [1.29, 1.82) is 0 Å². The second kappa shape index (κ2) is 10.2. The molecule has 1 aliphatic heterocycles. The molecule has 0 spiro atoms. The van der Waals surface area contributed by atoms with Gasteiger partial charge in [0.15, 0.2) is 9.84 Å². The minimum atomic E-state index is -3.82. The van der Waals surface area contributed by atoms with E-state index in [9.17, 15) is 17.6 Å². The number of likely N-dealkylation sites (tertiary alicyclic amines) is 1. The van der Waals surface area contributed by atoms with E-state index in [2.05, 4.69) is 11.9 Å². The first-order valence-electron chi connectivity index (χ1n) is 9.69. The van der Waals surface area contributed by atoms with E-state index in [1.807, 2.05) is 13.8 Å². The first kappa shape index (κ1) is 23.3. The van der Waals surface area contributed by atoms with E-state index >= 15 is 0 Å². The zero-order chi connectivity index (χ0) is 21.6. The summed E-state index contributed by atoms with van der Waals surface area (Å²) in [6, 6.07) is 7.88. The highest BCUT2D eigenvalue weighted by Gasteiger charge is 2.24. The summed E-state index contributed by atoms with van der Waals surface area (Å²) in [5, 5.41) is -0.176. The molecule has 1 saturated heterocycles. The van der Waals surface area contributed by atoms with Crippen LogP contribution in [0.4, 0.5) is 4.39 Å². The molecule has 0 radical (unpaired) electrons. The van der Waals surface area contributed by atoms with Crippen LogP contribution in [0, 0.1) is 11.7 Å². The number of hydrogen-bond donors (Lipinski definition) is 0. The van der Waals surface area contributed by atoms with Crippen LogP contribution in [-0.4, -0.2) is 37.3 Å². The third-order valence-corrected chi connectivity index (χ3v) is 6.79. The summed E-state index contributed by atoms with van der Waals surface area (Å²) in [4.78, 5) is 18.5. The van der Waals surface area contributed by atoms with Gasteiger partial charge in [-0.1, -0.05) is 38.4 Å². The first-order valence-corrected chi connectivity index (χ1v) is 11.7. The number of carbonyl (C=O) groups excluding carboxylic acids is 1. The summed E-state index contributed by atoms with van der Waals surface area (Å²) in [5.74, 6) is -0.628. The molecule has 29 heavy (non-hydrogen) atoms.